The molecule has 7 nitrogen and oxygen atoms in total. The zero-order valence-electron chi connectivity index (χ0n) is 14.6. The molecule has 5 rings (SSSR count). The summed E-state index contributed by atoms with van der Waals surface area (Å²) < 4.78 is 3.72. The van der Waals surface area contributed by atoms with Crippen molar-refractivity contribution >= 4 is 39.9 Å². The summed E-state index contributed by atoms with van der Waals surface area (Å²) in [4.78, 5) is 15.3. The molecule has 0 atom stereocenters. The number of aromatic nitrogens is 6. The van der Waals surface area contributed by atoms with Crippen LogP contribution in [0.1, 0.15) is 0 Å². The zero-order valence-corrected chi connectivity index (χ0v) is 16.2. The molecule has 1 N–H and O–H groups in total. The Hall–Kier alpha value is -3.10. The average molecular weight is 409 g/mol. The van der Waals surface area contributed by atoms with E-state index in [-0.39, 0.29) is 5.56 Å². The van der Waals surface area contributed by atoms with Gasteiger partial charge in [0.05, 0.1) is 11.2 Å². The first-order valence-corrected chi connectivity index (χ1v) is 9.60. The van der Waals surface area contributed by atoms with Gasteiger partial charge in [-0.25, -0.2) is 0 Å². The molecule has 1 aromatic carbocycles. The summed E-state index contributed by atoms with van der Waals surface area (Å²) in [5.74, 6) is 0. The Morgan fingerprint density at radius 3 is 2.79 bits per heavy atom. The van der Waals surface area contributed by atoms with Crippen molar-refractivity contribution in [3.8, 4) is 11.1 Å². The molecular formula is C19H13ClN6OS. The highest BCUT2D eigenvalue weighted by molar-refractivity contribution is 7.99. The van der Waals surface area contributed by atoms with Crippen molar-refractivity contribution in [1.82, 2.24) is 29.4 Å². The molecule has 0 spiro atoms. The SMILES string of the molecule is Cn1cc(-c2ccc3nnc(Sc4ccc5[nH]c(=O)cc(Cl)c5c4)n3c2)cn1. The van der Waals surface area contributed by atoms with Crippen LogP contribution in [-0.2, 0) is 7.05 Å². The van der Waals surface area contributed by atoms with Gasteiger partial charge in [0.15, 0.2) is 10.8 Å². The highest BCUT2D eigenvalue weighted by Gasteiger charge is 2.11. The Balaban J connectivity index is 1.56. The average Bonchev–Trinajstić information content (AvgIpc) is 3.28. The van der Waals surface area contributed by atoms with Crippen molar-refractivity contribution in [2.24, 2.45) is 7.05 Å². The fourth-order valence-corrected chi connectivity index (χ4v) is 4.15. The topological polar surface area (TPSA) is 80.9 Å². The van der Waals surface area contributed by atoms with Crippen LogP contribution in [0.25, 0.3) is 27.7 Å². The molecule has 0 bridgehead atoms. The van der Waals surface area contributed by atoms with E-state index in [2.05, 4.69) is 20.3 Å². The van der Waals surface area contributed by atoms with E-state index in [4.69, 9.17) is 11.6 Å². The van der Waals surface area contributed by atoms with Crippen molar-refractivity contribution in [2.75, 3.05) is 0 Å². The van der Waals surface area contributed by atoms with E-state index < -0.39 is 0 Å². The van der Waals surface area contributed by atoms with Crippen LogP contribution in [0, 0.1) is 0 Å². The minimum atomic E-state index is -0.218. The smallest absolute Gasteiger partial charge is 0.249 e. The fourth-order valence-electron chi connectivity index (χ4n) is 3.04. The number of benzene rings is 1. The molecule has 28 heavy (non-hydrogen) atoms. The minimum absolute atomic E-state index is 0.218. The zero-order chi connectivity index (χ0) is 19.3. The molecule has 0 fully saturated rings. The molecule has 0 amide bonds. The van der Waals surface area contributed by atoms with Crippen molar-refractivity contribution in [3.63, 3.8) is 0 Å². The monoisotopic (exact) mass is 408 g/mol. The van der Waals surface area contributed by atoms with Crippen molar-refractivity contribution in [1.29, 1.82) is 0 Å². The van der Waals surface area contributed by atoms with Gasteiger partial charge in [0.25, 0.3) is 0 Å². The number of H-pyrrole nitrogens is 1. The second-order valence-corrected chi connectivity index (χ2v) is 7.77. The Kier molecular flexibility index (Phi) is 3.96. The first-order chi connectivity index (χ1) is 13.6. The highest BCUT2D eigenvalue weighted by Crippen LogP contribution is 2.31. The van der Waals surface area contributed by atoms with E-state index in [0.29, 0.717) is 10.5 Å². The number of halogens is 1. The molecule has 0 radical (unpaired) electrons. The van der Waals surface area contributed by atoms with E-state index in [0.717, 1.165) is 32.2 Å². The Morgan fingerprint density at radius 2 is 1.96 bits per heavy atom. The van der Waals surface area contributed by atoms with Crippen LogP contribution in [-0.4, -0.2) is 29.4 Å². The van der Waals surface area contributed by atoms with Crippen LogP contribution in [0.15, 0.2) is 69.8 Å². The third-order valence-corrected chi connectivity index (χ3v) is 5.65. The first-order valence-electron chi connectivity index (χ1n) is 8.41. The lowest BCUT2D eigenvalue weighted by Crippen LogP contribution is -2.03. The molecule has 4 aromatic heterocycles. The maximum atomic E-state index is 11.6. The molecule has 4 heterocycles. The molecule has 0 unspecified atom stereocenters. The van der Waals surface area contributed by atoms with Gasteiger partial charge in [0, 0.05) is 52.4 Å². The fraction of sp³-hybridized carbons (Fsp3) is 0.0526. The summed E-state index contributed by atoms with van der Waals surface area (Å²) in [5, 5.41) is 14.7. The van der Waals surface area contributed by atoms with Crippen molar-refractivity contribution < 1.29 is 0 Å². The van der Waals surface area contributed by atoms with Gasteiger partial charge in [-0.1, -0.05) is 11.6 Å². The van der Waals surface area contributed by atoms with E-state index in [1.54, 1.807) is 4.68 Å². The van der Waals surface area contributed by atoms with Crippen LogP contribution in [0.3, 0.4) is 0 Å². The Morgan fingerprint density at radius 1 is 1.07 bits per heavy atom. The normalized spacial score (nSPS) is 11.5. The molecule has 5 aromatic rings. The van der Waals surface area contributed by atoms with Gasteiger partial charge < -0.3 is 4.98 Å². The summed E-state index contributed by atoms with van der Waals surface area (Å²) in [7, 11) is 1.89. The number of fused-ring (bicyclic) bond motifs is 2. The number of nitrogens with one attached hydrogen (secondary N) is 1. The van der Waals surface area contributed by atoms with E-state index >= 15 is 0 Å². The lowest BCUT2D eigenvalue weighted by Gasteiger charge is -2.05. The second kappa shape index (κ2) is 6.50. The number of hydrogen-bond donors (Lipinski definition) is 1. The summed E-state index contributed by atoms with van der Waals surface area (Å²) in [6.45, 7) is 0. The lowest BCUT2D eigenvalue weighted by molar-refractivity contribution is 0.768. The van der Waals surface area contributed by atoms with Gasteiger partial charge in [0.1, 0.15) is 0 Å². The highest BCUT2D eigenvalue weighted by atomic mass is 35.5. The molecule has 0 saturated carbocycles. The van der Waals surface area contributed by atoms with E-state index in [9.17, 15) is 4.79 Å². The van der Waals surface area contributed by atoms with Gasteiger partial charge in [0.2, 0.25) is 5.56 Å². The number of nitrogens with zero attached hydrogens (tertiary/aromatic N) is 5. The van der Waals surface area contributed by atoms with Gasteiger partial charge >= 0.3 is 0 Å². The van der Waals surface area contributed by atoms with Crippen LogP contribution in [0.4, 0.5) is 0 Å². The van der Waals surface area contributed by atoms with Crippen LogP contribution < -0.4 is 5.56 Å². The molecule has 9 heteroatoms. The summed E-state index contributed by atoms with van der Waals surface area (Å²) >= 11 is 7.71. The molecule has 0 saturated heterocycles. The maximum Gasteiger partial charge on any atom is 0.249 e. The van der Waals surface area contributed by atoms with Gasteiger partial charge in [-0.3, -0.25) is 13.9 Å². The summed E-state index contributed by atoms with van der Waals surface area (Å²) in [5.41, 5.74) is 3.30. The summed E-state index contributed by atoms with van der Waals surface area (Å²) in [6.07, 6.45) is 5.79. The third kappa shape index (κ3) is 2.96. The van der Waals surface area contributed by atoms with Crippen molar-refractivity contribution in [3.05, 3.63) is 70.4 Å². The lowest BCUT2D eigenvalue weighted by atomic mass is 10.2. The van der Waals surface area contributed by atoms with E-state index in [1.165, 1.54) is 17.8 Å². The molecular weight excluding hydrogens is 396 g/mol. The number of aryl methyl sites for hydroxylation is 1. The number of pyridine rings is 2. The predicted molar refractivity (Wildman–Crippen MR) is 109 cm³/mol. The first kappa shape index (κ1) is 17.0. The molecule has 0 aliphatic rings. The standard InChI is InChI=1S/C19H13ClN6OS/c1-25-9-12(8-21-25)11-2-5-17-23-24-19(26(17)10-11)28-13-3-4-16-14(6-13)15(20)7-18(27)22-16/h2-10H,1H3,(H,22,27). The van der Waals surface area contributed by atoms with Crippen LogP contribution in [0.5, 0.6) is 0 Å². The van der Waals surface area contributed by atoms with Crippen LogP contribution >= 0.6 is 23.4 Å². The van der Waals surface area contributed by atoms with Crippen LogP contribution in [0.2, 0.25) is 5.02 Å². The number of hydrogen-bond acceptors (Lipinski definition) is 5. The van der Waals surface area contributed by atoms with E-state index in [1.807, 2.05) is 60.4 Å². The maximum absolute atomic E-state index is 11.6. The predicted octanol–water partition coefficient (Wildman–Crippen LogP) is 3.78. The minimum Gasteiger partial charge on any atom is -0.322 e. The number of aromatic amines is 1. The molecule has 0 aliphatic carbocycles. The Bertz CT molecular complexity index is 1400. The molecule has 138 valence electrons. The largest absolute Gasteiger partial charge is 0.322 e. The van der Waals surface area contributed by atoms with Gasteiger partial charge in [-0.05, 0) is 42.1 Å². The molecule has 0 aliphatic heterocycles. The number of rotatable bonds is 3. The van der Waals surface area contributed by atoms with Crippen molar-refractivity contribution in [2.45, 2.75) is 10.1 Å². The van der Waals surface area contributed by atoms with Gasteiger partial charge in [-0.2, -0.15) is 5.10 Å². The third-order valence-electron chi connectivity index (χ3n) is 4.38. The Labute approximate surface area is 168 Å². The second-order valence-electron chi connectivity index (χ2n) is 6.32. The summed E-state index contributed by atoms with van der Waals surface area (Å²) in [6, 6.07) is 11.0. The quantitative estimate of drug-likeness (QED) is 0.491. The van der Waals surface area contributed by atoms with Gasteiger partial charge in [-0.15, -0.1) is 10.2 Å².